The Morgan fingerprint density at radius 2 is 2.05 bits per heavy atom. The highest BCUT2D eigenvalue weighted by atomic mass is 35.5. The van der Waals surface area contributed by atoms with Crippen LogP contribution in [0.5, 0.6) is 5.75 Å². The van der Waals surface area contributed by atoms with Crippen LogP contribution in [0.25, 0.3) is 0 Å². The molecule has 0 bridgehead atoms. The van der Waals surface area contributed by atoms with Crippen LogP contribution in [-0.2, 0) is 4.74 Å². The van der Waals surface area contributed by atoms with Gasteiger partial charge in [0.15, 0.2) is 0 Å². The Kier molecular flexibility index (Phi) is 7.13. The monoisotopic (exact) mass is 289 g/mol. The summed E-state index contributed by atoms with van der Waals surface area (Å²) in [5.74, 6) is 0.665. The molecule has 1 atom stereocenters. The van der Waals surface area contributed by atoms with Crippen LogP contribution in [0.3, 0.4) is 0 Å². The van der Waals surface area contributed by atoms with Crippen molar-refractivity contribution in [3.8, 4) is 5.75 Å². The molecule has 1 N–H and O–H groups in total. The molecule has 0 spiro atoms. The molecule has 108 valence electrons. The number of ether oxygens (including phenoxy) is 2. The van der Waals surface area contributed by atoms with Crippen LogP contribution in [0, 0.1) is 11.7 Å². The summed E-state index contributed by atoms with van der Waals surface area (Å²) >= 11 is 5.72. The van der Waals surface area contributed by atoms with Crippen LogP contribution in [0.15, 0.2) is 18.2 Å². The third-order valence-corrected chi connectivity index (χ3v) is 2.76. The van der Waals surface area contributed by atoms with Crippen LogP contribution in [0.2, 0.25) is 5.02 Å². The molecule has 1 unspecified atom stereocenters. The van der Waals surface area contributed by atoms with Gasteiger partial charge in [0.05, 0.1) is 11.6 Å². The van der Waals surface area contributed by atoms with Gasteiger partial charge >= 0.3 is 0 Å². The van der Waals surface area contributed by atoms with Gasteiger partial charge in [0.2, 0.25) is 0 Å². The molecule has 5 heteroatoms. The first kappa shape index (κ1) is 16.2. The summed E-state index contributed by atoms with van der Waals surface area (Å²) in [5.41, 5.74) is 0. The second kappa shape index (κ2) is 8.35. The normalized spacial score (nSPS) is 12.7. The van der Waals surface area contributed by atoms with Crippen LogP contribution >= 0.6 is 11.6 Å². The number of benzene rings is 1. The van der Waals surface area contributed by atoms with E-state index in [1.807, 2.05) is 0 Å². The van der Waals surface area contributed by atoms with Gasteiger partial charge in [0.1, 0.15) is 17.7 Å². The van der Waals surface area contributed by atoms with E-state index in [0.717, 1.165) is 6.54 Å². The van der Waals surface area contributed by atoms with Crippen molar-refractivity contribution in [2.75, 3.05) is 26.8 Å². The highest BCUT2D eigenvalue weighted by Crippen LogP contribution is 2.21. The summed E-state index contributed by atoms with van der Waals surface area (Å²) in [4.78, 5) is 0. The molecule has 0 aliphatic heterocycles. The fraction of sp³-hybridized carbons (Fsp3) is 0.571. The molecule has 0 aliphatic rings. The summed E-state index contributed by atoms with van der Waals surface area (Å²) in [6.45, 7) is 6.31. The van der Waals surface area contributed by atoms with E-state index in [2.05, 4.69) is 19.2 Å². The van der Waals surface area contributed by atoms with Gasteiger partial charge in [0, 0.05) is 19.7 Å². The molecule has 0 aliphatic carbocycles. The number of rotatable bonds is 8. The molecular weight excluding hydrogens is 269 g/mol. The minimum absolute atomic E-state index is 0.0591. The van der Waals surface area contributed by atoms with Gasteiger partial charge in [0.25, 0.3) is 0 Å². The minimum atomic E-state index is -0.449. The molecule has 0 amide bonds. The standard InChI is InChI=1S/C14H21ClFNO2/c1-10(2)7-17-8-12(9-18-3)19-11-4-5-14(16)13(15)6-11/h4-6,10,12,17H,7-9H2,1-3H3. The van der Waals surface area contributed by atoms with Gasteiger partial charge in [-0.15, -0.1) is 0 Å². The number of nitrogens with one attached hydrogen (secondary N) is 1. The zero-order valence-corrected chi connectivity index (χ0v) is 12.3. The first-order chi connectivity index (χ1) is 9.02. The first-order valence-electron chi connectivity index (χ1n) is 6.34. The van der Waals surface area contributed by atoms with Gasteiger partial charge < -0.3 is 14.8 Å². The summed E-state index contributed by atoms with van der Waals surface area (Å²) in [7, 11) is 1.62. The molecule has 0 saturated heterocycles. The van der Waals surface area contributed by atoms with E-state index in [4.69, 9.17) is 21.1 Å². The third kappa shape index (κ3) is 6.23. The van der Waals surface area contributed by atoms with Gasteiger partial charge in [-0.25, -0.2) is 4.39 Å². The Hall–Kier alpha value is -0.840. The Bertz CT molecular complexity index is 388. The molecule has 0 aromatic heterocycles. The molecule has 19 heavy (non-hydrogen) atoms. The van der Waals surface area contributed by atoms with Crippen molar-refractivity contribution in [3.63, 3.8) is 0 Å². The molecule has 0 fully saturated rings. The second-order valence-electron chi connectivity index (χ2n) is 4.82. The summed E-state index contributed by atoms with van der Waals surface area (Å²) < 4.78 is 23.9. The van der Waals surface area contributed by atoms with Gasteiger partial charge in [-0.05, 0) is 24.6 Å². The van der Waals surface area contributed by atoms with Gasteiger partial charge in [-0.1, -0.05) is 25.4 Å². The van der Waals surface area contributed by atoms with Crippen LogP contribution in [-0.4, -0.2) is 32.9 Å². The molecule has 1 rings (SSSR count). The molecule has 1 aromatic rings. The second-order valence-corrected chi connectivity index (χ2v) is 5.23. The van der Waals surface area contributed by atoms with Crippen LogP contribution < -0.4 is 10.1 Å². The number of hydrogen-bond acceptors (Lipinski definition) is 3. The number of halogens is 2. The molecule has 1 aromatic carbocycles. The summed E-state index contributed by atoms with van der Waals surface area (Å²) in [6, 6.07) is 4.33. The van der Waals surface area contributed by atoms with E-state index in [0.29, 0.717) is 24.8 Å². The van der Waals surface area contributed by atoms with Crippen molar-refractivity contribution in [2.24, 2.45) is 5.92 Å². The Morgan fingerprint density at radius 1 is 1.32 bits per heavy atom. The Balaban J connectivity index is 2.54. The lowest BCUT2D eigenvalue weighted by atomic mass is 10.2. The van der Waals surface area contributed by atoms with Crippen molar-refractivity contribution < 1.29 is 13.9 Å². The van der Waals surface area contributed by atoms with E-state index in [9.17, 15) is 4.39 Å². The predicted molar refractivity (Wildman–Crippen MR) is 75.4 cm³/mol. The third-order valence-electron chi connectivity index (χ3n) is 2.47. The maximum Gasteiger partial charge on any atom is 0.142 e. The topological polar surface area (TPSA) is 30.5 Å². The first-order valence-corrected chi connectivity index (χ1v) is 6.72. The Labute approximate surface area is 119 Å². The lowest BCUT2D eigenvalue weighted by Gasteiger charge is -2.20. The largest absolute Gasteiger partial charge is 0.487 e. The lowest BCUT2D eigenvalue weighted by molar-refractivity contribution is 0.0802. The van der Waals surface area contributed by atoms with E-state index in [1.165, 1.54) is 12.1 Å². The number of methoxy groups -OCH3 is 1. The number of hydrogen-bond donors (Lipinski definition) is 1. The minimum Gasteiger partial charge on any atom is -0.487 e. The molecule has 3 nitrogen and oxygen atoms in total. The van der Waals surface area contributed by atoms with Crippen molar-refractivity contribution in [2.45, 2.75) is 20.0 Å². The lowest BCUT2D eigenvalue weighted by Crippen LogP contribution is -2.36. The van der Waals surface area contributed by atoms with E-state index < -0.39 is 5.82 Å². The predicted octanol–water partition coefficient (Wildman–Crippen LogP) is 3.12. The van der Waals surface area contributed by atoms with E-state index >= 15 is 0 Å². The van der Waals surface area contributed by atoms with Gasteiger partial charge in [-0.3, -0.25) is 0 Å². The molecular formula is C14H21ClFNO2. The fourth-order valence-corrected chi connectivity index (χ4v) is 1.77. The summed E-state index contributed by atoms with van der Waals surface area (Å²) in [6.07, 6.45) is -0.134. The summed E-state index contributed by atoms with van der Waals surface area (Å²) in [5, 5.41) is 3.36. The molecule has 0 heterocycles. The average molecular weight is 290 g/mol. The van der Waals surface area contributed by atoms with E-state index in [-0.39, 0.29) is 11.1 Å². The van der Waals surface area contributed by atoms with Crippen molar-refractivity contribution >= 4 is 11.6 Å². The quantitative estimate of drug-likeness (QED) is 0.798. The SMILES string of the molecule is COCC(CNCC(C)C)Oc1ccc(F)c(Cl)c1. The highest BCUT2D eigenvalue weighted by molar-refractivity contribution is 6.30. The van der Waals surface area contributed by atoms with Crippen molar-refractivity contribution in [3.05, 3.63) is 29.0 Å². The molecule has 0 radical (unpaired) electrons. The van der Waals surface area contributed by atoms with Crippen molar-refractivity contribution in [1.29, 1.82) is 0 Å². The van der Waals surface area contributed by atoms with Crippen molar-refractivity contribution in [1.82, 2.24) is 5.32 Å². The highest BCUT2D eigenvalue weighted by Gasteiger charge is 2.11. The smallest absolute Gasteiger partial charge is 0.142 e. The van der Waals surface area contributed by atoms with Gasteiger partial charge in [-0.2, -0.15) is 0 Å². The maximum absolute atomic E-state index is 13.1. The fourth-order valence-electron chi connectivity index (χ4n) is 1.60. The van der Waals surface area contributed by atoms with Crippen LogP contribution in [0.4, 0.5) is 4.39 Å². The molecule has 0 saturated carbocycles. The maximum atomic E-state index is 13.1. The van der Waals surface area contributed by atoms with E-state index in [1.54, 1.807) is 13.2 Å². The Morgan fingerprint density at radius 3 is 2.63 bits per heavy atom. The van der Waals surface area contributed by atoms with Crippen LogP contribution in [0.1, 0.15) is 13.8 Å². The zero-order valence-electron chi connectivity index (χ0n) is 11.6. The zero-order chi connectivity index (χ0) is 14.3. The average Bonchev–Trinajstić information content (AvgIpc) is 2.33.